The Morgan fingerprint density at radius 1 is 0.864 bits per heavy atom. The van der Waals surface area contributed by atoms with E-state index in [0.29, 0.717) is 12.0 Å². The summed E-state index contributed by atoms with van der Waals surface area (Å²) in [6.07, 6.45) is 3.57. The molecule has 2 aromatic carbocycles. The molecule has 2 unspecified atom stereocenters. The number of rotatable bonds is 1. The maximum atomic E-state index is 2.40. The second-order valence-corrected chi connectivity index (χ2v) is 6.48. The monoisotopic (exact) mass is 293 g/mol. The molecular weight excluding hydrogens is 266 g/mol. The minimum atomic E-state index is 0.604. The summed E-state index contributed by atoms with van der Waals surface area (Å²) in [5.74, 6) is 0.604. The minimum absolute atomic E-state index is 0.604. The zero-order valence-corrected chi connectivity index (χ0v) is 14.3. The average molecular weight is 293 g/mol. The molecule has 0 radical (unpaired) electrons. The van der Waals surface area contributed by atoms with Crippen LogP contribution in [0, 0.1) is 0 Å². The van der Waals surface area contributed by atoms with Gasteiger partial charge in [0.15, 0.2) is 0 Å². The summed E-state index contributed by atoms with van der Waals surface area (Å²) < 4.78 is 0. The van der Waals surface area contributed by atoms with Crippen molar-refractivity contribution in [1.82, 2.24) is 4.90 Å². The van der Waals surface area contributed by atoms with Gasteiger partial charge in [0.2, 0.25) is 0 Å². The fraction of sp³-hybridized carbons (Fsp3) is 0.429. The van der Waals surface area contributed by atoms with E-state index in [1.165, 1.54) is 18.4 Å². The predicted octanol–water partition coefficient (Wildman–Crippen LogP) is 4.63. The molecule has 0 saturated carbocycles. The topological polar surface area (TPSA) is 3.24 Å². The summed E-state index contributed by atoms with van der Waals surface area (Å²) in [5, 5.41) is 0. The quantitative estimate of drug-likeness (QED) is 0.741. The summed E-state index contributed by atoms with van der Waals surface area (Å²) in [7, 11) is 4.43. The third kappa shape index (κ3) is 2.48. The molecule has 2 atom stereocenters. The van der Waals surface area contributed by atoms with Crippen molar-refractivity contribution >= 4 is 0 Å². The maximum Gasteiger partial charge on any atom is 0.0139 e. The molecule has 2 aliphatic carbocycles. The zero-order valence-electron chi connectivity index (χ0n) is 14.3. The van der Waals surface area contributed by atoms with Crippen molar-refractivity contribution in [3.05, 3.63) is 70.3 Å². The van der Waals surface area contributed by atoms with Gasteiger partial charge >= 0.3 is 0 Å². The van der Waals surface area contributed by atoms with Crippen LogP contribution in [0.5, 0.6) is 0 Å². The Hall–Kier alpha value is -1.60. The van der Waals surface area contributed by atoms with Crippen LogP contribution in [0.4, 0.5) is 0 Å². The van der Waals surface area contributed by atoms with Gasteiger partial charge in [0, 0.05) is 12.0 Å². The fourth-order valence-corrected chi connectivity index (χ4v) is 4.09. The van der Waals surface area contributed by atoms with E-state index in [-0.39, 0.29) is 0 Å². The molecule has 0 amide bonds. The second kappa shape index (κ2) is 6.26. The van der Waals surface area contributed by atoms with E-state index in [0.717, 1.165) is 6.42 Å². The van der Waals surface area contributed by atoms with Gasteiger partial charge in [0.25, 0.3) is 0 Å². The van der Waals surface area contributed by atoms with E-state index in [1.54, 1.807) is 22.3 Å². The minimum Gasteiger partial charge on any atom is -0.306 e. The van der Waals surface area contributed by atoms with Crippen LogP contribution < -0.4 is 0 Å². The number of hydrogen-bond acceptors (Lipinski definition) is 1. The zero-order chi connectivity index (χ0) is 15.7. The Morgan fingerprint density at radius 3 is 2.32 bits per heavy atom. The number of fused-ring (bicyclic) bond motifs is 2. The van der Waals surface area contributed by atoms with Gasteiger partial charge in [-0.1, -0.05) is 56.3 Å². The highest BCUT2D eigenvalue weighted by Gasteiger charge is 2.34. The largest absolute Gasteiger partial charge is 0.306 e. The molecule has 0 N–H and O–H groups in total. The molecule has 0 fully saturated rings. The van der Waals surface area contributed by atoms with E-state index in [2.05, 4.69) is 61.5 Å². The Bertz CT molecular complexity index is 657. The molecule has 1 nitrogen and oxygen atoms in total. The van der Waals surface area contributed by atoms with Gasteiger partial charge in [-0.25, -0.2) is 0 Å². The Morgan fingerprint density at radius 2 is 1.55 bits per heavy atom. The van der Waals surface area contributed by atoms with Crippen LogP contribution in [-0.4, -0.2) is 25.0 Å². The lowest BCUT2D eigenvalue weighted by molar-refractivity contribution is 0.257. The summed E-state index contributed by atoms with van der Waals surface area (Å²) >= 11 is 0. The van der Waals surface area contributed by atoms with Crippen LogP contribution in [0.25, 0.3) is 0 Å². The van der Waals surface area contributed by atoms with Crippen molar-refractivity contribution in [3.63, 3.8) is 0 Å². The van der Waals surface area contributed by atoms with Crippen LogP contribution in [0.1, 0.15) is 54.0 Å². The number of benzene rings is 2. The van der Waals surface area contributed by atoms with Crippen molar-refractivity contribution in [2.24, 2.45) is 0 Å². The standard InChI is InChI=1S/C19H21N.C2H6/c1-20(2)16-11-15-8-5-7-14-10-13-6-3-4-9-17(13)18(12-16)19(14)15;1-2/h3-9,16,18H,10-12H2,1-2H3;1-2H3. The highest BCUT2D eigenvalue weighted by Crippen LogP contribution is 2.44. The highest BCUT2D eigenvalue weighted by atomic mass is 15.1. The molecule has 2 aromatic rings. The highest BCUT2D eigenvalue weighted by molar-refractivity contribution is 5.53. The predicted molar refractivity (Wildman–Crippen MR) is 94.7 cm³/mol. The summed E-state index contributed by atoms with van der Waals surface area (Å²) in [6, 6.07) is 16.6. The second-order valence-electron chi connectivity index (χ2n) is 6.48. The van der Waals surface area contributed by atoms with Crippen molar-refractivity contribution in [1.29, 1.82) is 0 Å². The maximum absolute atomic E-state index is 2.40. The third-order valence-corrected chi connectivity index (χ3v) is 5.14. The van der Waals surface area contributed by atoms with Gasteiger partial charge in [0.1, 0.15) is 0 Å². The van der Waals surface area contributed by atoms with Crippen LogP contribution in [0.15, 0.2) is 42.5 Å². The van der Waals surface area contributed by atoms with E-state index in [1.807, 2.05) is 13.8 Å². The molecule has 2 aliphatic rings. The first-order valence-corrected chi connectivity index (χ1v) is 8.59. The summed E-state index contributed by atoms with van der Waals surface area (Å²) in [5.41, 5.74) is 7.88. The normalized spacial score (nSPS) is 21.5. The van der Waals surface area contributed by atoms with Crippen LogP contribution in [0.2, 0.25) is 0 Å². The molecule has 0 aliphatic heterocycles. The van der Waals surface area contributed by atoms with E-state index in [4.69, 9.17) is 0 Å². The lowest BCUT2D eigenvalue weighted by Gasteiger charge is -2.39. The fourth-order valence-electron chi connectivity index (χ4n) is 4.09. The van der Waals surface area contributed by atoms with E-state index in [9.17, 15) is 0 Å². The Balaban J connectivity index is 0.000000693. The first-order valence-electron chi connectivity index (χ1n) is 8.59. The smallest absolute Gasteiger partial charge is 0.0139 e. The van der Waals surface area contributed by atoms with Gasteiger partial charge in [-0.05, 0) is 61.2 Å². The molecule has 22 heavy (non-hydrogen) atoms. The molecule has 116 valence electrons. The average Bonchev–Trinajstić information content (AvgIpc) is 2.56. The first-order chi connectivity index (χ1) is 10.7. The SMILES string of the molecule is CC.CN(C)C1Cc2cccc3c2C(C1)c1ccccc1C3. The molecule has 0 aromatic heterocycles. The number of hydrogen-bond donors (Lipinski definition) is 0. The van der Waals surface area contributed by atoms with Crippen molar-refractivity contribution in [3.8, 4) is 0 Å². The molecule has 1 heteroatoms. The molecule has 4 rings (SSSR count). The van der Waals surface area contributed by atoms with Gasteiger partial charge in [-0.15, -0.1) is 0 Å². The third-order valence-electron chi connectivity index (χ3n) is 5.14. The van der Waals surface area contributed by atoms with E-state index >= 15 is 0 Å². The summed E-state index contributed by atoms with van der Waals surface area (Å²) in [4.78, 5) is 2.40. The van der Waals surface area contributed by atoms with Crippen LogP contribution in [0.3, 0.4) is 0 Å². The number of nitrogens with zero attached hydrogens (tertiary/aromatic N) is 1. The van der Waals surface area contributed by atoms with Crippen molar-refractivity contribution in [2.45, 2.75) is 45.1 Å². The van der Waals surface area contributed by atoms with Gasteiger partial charge in [-0.3, -0.25) is 0 Å². The van der Waals surface area contributed by atoms with Gasteiger partial charge < -0.3 is 4.90 Å². The lowest BCUT2D eigenvalue weighted by Crippen LogP contribution is -2.37. The molecule has 0 saturated heterocycles. The van der Waals surface area contributed by atoms with Gasteiger partial charge in [-0.2, -0.15) is 0 Å². The van der Waals surface area contributed by atoms with Crippen molar-refractivity contribution < 1.29 is 0 Å². The van der Waals surface area contributed by atoms with Crippen molar-refractivity contribution in [2.75, 3.05) is 14.1 Å². The van der Waals surface area contributed by atoms with E-state index < -0.39 is 0 Å². The Labute approximate surface area is 135 Å². The Kier molecular flexibility index (Phi) is 4.35. The number of likely N-dealkylation sites (N-methyl/N-ethyl adjacent to an activating group) is 1. The van der Waals surface area contributed by atoms with Gasteiger partial charge in [0.05, 0.1) is 0 Å². The molecule has 0 spiro atoms. The lowest BCUT2D eigenvalue weighted by atomic mass is 9.69. The molecular formula is C21H27N. The summed E-state index contributed by atoms with van der Waals surface area (Å²) in [6.45, 7) is 4.00. The molecule has 0 bridgehead atoms. The van der Waals surface area contributed by atoms with Crippen LogP contribution in [-0.2, 0) is 12.8 Å². The van der Waals surface area contributed by atoms with Crippen LogP contribution >= 0.6 is 0 Å². The first kappa shape index (κ1) is 15.3. The molecule has 0 heterocycles.